The van der Waals surface area contributed by atoms with Crippen LogP contribution in [0.5, 0.6) is 5.75 Å². The summed E-state index contributed by atoms with van der Waals surface area (Å²) in [4.78, 5) is 20.4. The maximum atomic E-state index is 12.7. The van der Waals surface area contributed by atoms with E-state index < -0.39 is 10.0 Å². The van der Waals surface area contributed by atoms with Gasteiger partial charge in [0.1, 0.15) is 5.75 Å². The summed E-state index contributed by atoms with van der Waals surface area (Å²) in [5, 5.41) is 4.06. The summed E-state index contributed by atoms with van der Waals surface area (Å²) in [5.74, 6) is 2.42. The average molecular weight is 582 g/mol. The number of nitrogens with zero attached hydrogens (tertiary/aromatic N) is 4. The molecule has 1 amide bonds. The highest BCUT2D eigenvalue weighted by atomic mass is 32.2. The highest BCUT2D eigenvalue weighted by molar-refractivity contribution is 7.89. The van der Waals surface area contributed by atoms with E-state index in [4.69, 9.17) is 9.26 Å². The standard InChI is InChI=1S/C30H39N5O5S/c1-22(2)29-32-30(40-33-29)35-19-14-23(15-20-35)21-39-26-10-6-24(7-11-26)25-8-12-27(13-9-25)41(37,38)31-16-4-18-34-17-3-5-28(34)36/h6-13,22-23,31H,3-5,14-21H2,1-2H3. The SMILES string of the molecule is CC(C)c1noc(N2CCC(COc3ccc(-c4ccc(S(=O)(=O)NCCCN5CCCC5=O)cc4)cc3)CC2)n1. The monoisotopic (exact) mass is 581 g/mol. The minimum Gasteiger partial charge on any atom is -0.493 e. The minimum absolute atomic E-state index is 0.154. The molecule has 3 heterocycles. The van der Waals surface area contributed by atoms with Crippen LogP contribution in [0.4, 0.5) is 6.01 Å². The van der Waals surface area contributed by atoms with Gasteiger partial charge in [-0.25, -0.2) is 13.1 Å². The molecule has 3 aromatic rings. The van der Waals surface area contributed by atoms with Crippen LogP contribution in [0.3, 0.4) is 0 Å². The molecule has 5 rings (SSSR count). The van der Waals surface area contributed by atoms with E-state index in [0.29, 0.717) is 44.5 Å². The normalized spacial score (nSPS) is 16.6. The highest BCUT2D eigenvalue weighted by Gasteiger charge is 2.24. The predicted molar refractivity (Wildman–Crippen MR) is 156 cm³/mol. The van der Waals surface area contributed by atoms with Crippen LogP contribution in [0.15, 0.2) is 57.9 Å². The molecular weight excluding hydrogens is 542 g/mol. The van der Waals surface area contributed by atoms with E-state index in [2.05, 4.69) is 33.6 Å². The van der Waals surface area contributed by atoms with E-state index in [1.54, 1.807) is 17.0 Å². The number of carbonyl (C=O) groups excluding carboxylic acids is 1. The van der Waals surface area contributed by atoms with Gasteiger partial charge in [0.15, 0.2) is 5.82 Å². The van der Waals surface area contributed by atoms with Crippen LogP contribution in [0.1, 0.15) is 57.7 Å². The second kappa shape index (κ2) is 13.0. The van der Waals surface area contributed by atoms with Crippen LogP contribution in [0, 0.1) is 5.92 Å². The average Bonchev–Trinajstić information content (AvgIpc) is 3.65. The van der Waals surface area contributed by atoms with Gasteiger partial charge >= 0.3 is 6.01 Å². The van der Waals surface area contributed by atoms with Crippen LogP contribution < -0.4 is 14.4 Å². The van der Waals surface area contributed by atoms with Gasteiger partial charge in [0.05, 0.1) is 11.5 Å². The first-order chi connectivity index (χ1) is 19.8. The van der Waals surface area contributed by atoms with Gasteiger partial charge in [-0.15, -0.1) is 0 Å². The number of carbonyl (C=O) groups is 1. The zero-order valence-electron chi connectivity index (χ0n) is 23.8. The molecule has 11 heteroatoms. The van der Waals surface area contributed by atoms with Crippen molar-refractivity contribution in [3.8, 4) is 16.9 Å². The first kappa shape index (κ1) is 29.1. The molecule has 0 saturated carbocycles. The number of benzene rings is 2. The van der Waals surface area contributed by atoms with E-state index in [9.17, 15) is 13.2 Å². The fourth-order valence-electron chi connectivity index (χ4n) is 5.16. The van der Waals surface area contributed by atoms with Crippen LogP contribution in [-0.2, 0) is 14.8 Å². The van der Waals surface area contributed by atoms with E-state index in [-0.39, 0.29) is 16.7 Å². The van der Waals surface area contributed by atoms with Gasteiger partial charge in [0, 0.05) is 45.1 Å². The molecule has 0 atom stereocenters. The Morgan fingerprint density at radius 1 is 1.02 bits per heavy atom. The summed E-state index contributed by atoms with van der Waals surface area (Å²) >= 11 is 0. The number of ether oxygens (including phenoxy) is 1. The Kier molecular flexibility index (Phi) is 9.24. The quantitative estimate of drug-likeness (QED) is 0.312. The zero-order chi connectivity index (χ0) is 28.8. The highest BCUT2D eigenvalue weighted by Crippen LogP contribution is 2.27. The molecule has 220 valence electrons. The Labute approximate surface area is 242 Å². The molecule has 2 fully saturated rings. The Bertz CT molecular complexity index is 1400. The third-order valence-corrected chi connectivity index (χ3v) is 9.22. The molecule has 2 aliphatic rings. The Hall–Kier alpha value is -3.44. The molecule has 2 aromatic carbocycles. The van der Waals surface area contributed by atoms with E-state index in [0.717, 1.165) is 61.6 Å². The summed E-state index contributed by atoms with van der Waals surface area (Å²) in [6.45, 7) is 8.14. The predicted octanol–water partition coefficient (Wildman–Crippen LogP) is 4.45. The lowest BCUT2D eigenvalue weighted by molar-refractivity contribution is -0.127. The number of piperidine rings is 1. The van der Waals surface area contributed by atoms with Crippen molar-refractivity contribution in [3.63, 3.8) is 0 Å². The third-order valence-electron chi connectivity index (χ3n) is 7.74. The molecule has 2 saturated heterocycles. The lowest BCUT2D eigenvalue weighted by Crippen LogP contribution is -2.35. The number of likely N-dealkylation sites (tertiary alicyclic amines) is 1. The summed E-state index contributed by atoms with van der Waals surface area (Å²) < 4.78 is 39.5. The zero-order valence-corrected chi connectivity index (χ0v) is 24.6. The fraction of sp³-hybridized carbons (Fsp3) is 0.500. The number of hydrogen-bond donors (Lipinski definition) is 1. The first-order valence-corrected chi connectivity index (χ1v) is 16.0. The molecule has 0 radical (unpaired) electrons. The van der Waals surface area contributed by atoms with Gasteiger partial charge in [-0.05, 0) is 67.0 Å². The van der Waals surface area contributed by atoms with Gasteiger partial charge in [0.25, 0.3) is 0 Å². The second-order valence-corrected chi connectivity index (χ2v) is 12.9. The Balaban J connectivity index is 1.06. The van der Waals surface area contributed by atoms with Crippen molar-refractivity contribution >= 4 is 21.9 Å². The molecule has 1 N–H and O–H groups in total. The minimum atomic E-state index is -3.60. The maximum Gasteiger partial charge on any atom is 0.324 e. The van der Waals surface area contributed by atoms with Gasteiger partial charge in [0.2, 0.25) is 15.9 Å². The second-order valence-electron chi connectivity index (χ2n) is 11.1. The Morgan fingerprint density at radius 2 is 1.71 bits per heavy atom. The lowest BCUT2D eigenvalue weighted by Gasteiger charge is -2.30. The van der Waals surface area contributed by atoms with Crippen molar-refractivity contribution in [2.24, 2.45) is 5.92 Å². The number of aromatic nitrogens is 2. The maximum absolute atomic E-state index is 12.7. The molecule has 1 aromatic heterocycles. The van der Waals surface area contributed by atoms with Crippen LogP contribution in [-0.4, -0.2) is 68.7 Å². The van der Waals surface area contributed by atoms with Gasteiger partial charge in [-0.3, -0.25) is 4.79 Å². The molecular formula is C30H39N5O5S. The molecule has 0 spiro atoms. The fourth-order valence-corrected chi connectivity index (χ4v) is 6.24. The smallest absolute Gasteiger partial charge is 0.324 e. The van der Waals surface area contributed by atoms with Crippen LogP contribution in [0.25, 0.3) is 11.1 Å². The van der Waals surface area contributed by atoms with Gasteiger partial charge in [-0.1, -0.05) is 43.3 Å². The van der Waals surface area contributed by atoms with Crippen molar-refractivity contribution in [3.05, 3.63) is 54.4 Å². The third kappa shape index (κ3) is 7.45. The largest absolute Gasteiger partial charge is 0.493 e. The summed E-state index contributed by atoms with van der Waals surface area (Å²) in [6, 6.07) is 15.4. The topological polar surface area (TPSA) is 118 Å². The summed E-state index contributed by atoms with van der Waals surface area (Å²) in [6.07, 6.45) is 4.07. The molecule has 10 nitrogen and oxygen atoms in total. The number of amides is 1. The number of rotatable bonds is 12. The van der Waals surface area contributed by atoms with E-state index in [1.165, 1.54) is 0 Å². The number of anilines is 1. The van der Waals surface area contributed by atoms with E-state index in [1.807, 2.05) is 36.4 Å². The molecule has 41 heavy (non-hydrogen) atoms. The number of nitrogens with one attached hydrogen (secondary N) is 1. The number of hydrogen-bond acceptors (Lipinski definition) is 8. The summed E-state index contributed by atoms with van der Waals surface area (Å²) in [5.41, 5.74) is 1.91. The molecule has 0 bridgehead atoms. The van der Waals surface area contributed by atoms with Gasteiger partial charge < -0.3 is 19.1 Å². The van der Waals surface area contributed by atoms with Crippen molar-refractivity contribution in [2.75, 3.05) is 44.2 Å². The van der Waals surface area contributed by atoms with Crippen LogP contribution >= 0.6 is 0 Å². The van der Waals surface area contributed by atoms with Crippen molar-refractivity contribution in [1.29, 1.82) is 0 Å². The first-order valence-electron chi connectivity index (χ1n) is 14.5. The molecule has 0 unspecified atom stereocenters. The Morgan fingerprint density at radius 3 is 2.32 bits per heavy atom. The van der Waals surface area contributed by atoms with Crippen LogP contribution in [0.2, 0.25) is 0 Å². The van der Waals surface area contributed by atoms with Crippen molar-refractivity contribution in [1.82, 2.24) is 19.8 Å². The number of sulfonamides is 1. The van der Waals surface area contributed by atoms with Crippen molar-refractivity contribution < 1.29 is 22.5 Å². The molecule has 2 aliphatic heterocycles. The lowest BCUT2D eigenvalue weighted by atomic mass is 9.98. The van der Waals surface area contributed by atoms with Crippen molar-refractivity contribution in [2.45, 2.75) is 56.8 Å². The van der Waals surface area contributed by atoms with E-state index >= 15 is 0 Å². The summed E-state index contributed by atoms with van der Waals surface area (Å²) in [7, 11) is -3.60. The molecule has 0 aliphatic carbocycles. The van der Waals surface area contributed by atoms with Gasteiger partial charge in [-0.2, -0.15) is 4.98 Å².